The second-order valence-electron chi connectivity index (χ2n) is 18.4. The van der Waals surface area contributed by atoms with Crippen molar-refractivity contribution in [2.24, 2.45) is 0 Å². The van der Waals surface area contributed by atoms with Gasteiger partial charge in [0.15, 0.2) is 5.82 Å². The molecule has 0 fully saturated rings. The Hall–Kier alpha value is -9.18. The molecule has 1 aliphatic heterocycles. The van der Waals surface area contributed by atoms with Crippen LogP contribution in [0.4, 0.5) is 17.1 Å². The first-order valence-electron chi connectivity index (χ1n) is 24.1. The van der Waals surface area contributed by atoms with Crippen molar-refractivity contribution in [3.8, 4) is 67.3 Å². The highest BCUT2D eigenvalue weighted by Crippen LogP contribution is 2.66. The van der Waals surface area contributed by atoms with Crippen LogP contribution in [0.15, 0.2) is 261 Å². The molecule has 11 aromatic carbocycles. The van der Waals surface area contributed by atoms with Gasteiger partial charge in [-0.1, -0.05) is 212 Å². The van der Waals surface area contributed by atoms with E-state index in [0.29, 0.717) is 5.82 Å². The number of nitrogens with zero attached hydrogens (tertiary/aromatic N) is 3. The van der Waals surface area contributed by atoms with Crippen LogP contribution >= 0.6 is 0 Å². The van der Waals surface area contributed by atoms with Gasteiger partial charge in [-0.25, -0.2) is 9.97 Å². The third-order valence-electron chi connectivity index (χ3n) is 14.6. The molecule has 0 unspecified atom stereocenters. The van der Waals surface area contributed by atoms with Gasteiger partial charge in [0, 0.05) is 22.4 Å². The minimum Gasteiger partial charge on any atom is -0.310 e. The van der Waals surface area contributed by atoms with E-state index in [1.54, 1.807) is 0 Å². The SMILES string of the molecule is c1ccc(-c2cc(-c3cccc(-c4cccc(-c5ccc6c(c5)C5(c7ccccc7N(c7ccccc7)c7ccccc75)c5c-6c6ccccc6c6ccccc56)c4)c3)nc(-c3ccccc3)n2)cc1. The fourth-order valence-electron chi connectivity index (χ4n) is 11.7. The molecule has 326 valence electrons. The van der Waals surface area contributed by atoms with Crippen molar-refractivity contribution < 1.29 is 0 Å². The molecule has 1 aliphatic carbocycles. The van der Waals surface area contributed by atoms with Gasteiger partial charge in [0.25, 0.3) is 0 Å². The molecule has 1 aromatic heterocycles. The van der Waals surface area contributed by atoms with Crippen molar-refractivity contribution in [1.82, 2.24) is 9.97 Å². The third-order valence-corrected chi connectivity index (χ3v) is 14.6. The van der Waals surface area contributed by atoms with E-state index in [1.165, 1.54) is 71.9 Å². The number of para-hydroxylation sites is 3. The number of benzene rings is 11. The highest BCUT2D eigenvalue weighted by atomic mass is 15.2. The van der Waals surface area contributed by atoms with Crippen molar-refractivity contribution in [2.45, 2.75) is 5.41 Å². The zero-order chi connectivity index (χ0) is 46.2. The molecular formula is C67H43N3. The van der Waals surface area contributed by atoms with Gasteiger partial charge in [0.2, 0.25) is 0 Å². The summed E-state index contributed by atoms with van der Waals surface area (Å²) in [5.41, 5.74) is 20.1. The lowest BCUT2D eigenvalue weighted by molar-refractivity contribution is 0.759. The maximum absolute atomic E-state index is 5.17. The average Bonchev–Trinajstić information content (AvgIpc) is 3.75. The summed E-state index contributed by atoms with van der Waals surface area (Å²) in [6.07, 6.45) is 0. The summed E-state index contributed by atoms with van der Waals surface area (Å²) in [5, 5.41) is 5.11. The number of fused-ring (bicyclic) bond motifs is 14. The van der Waals surface area contributed by atoms with Crippen LogP contribution in [0.2, 0.25) is 0 Å². The molecule has 0 saturated carbocycles. The van der Waals surface area contributed by atoms with Crippen LogP contribution in [0.1, 0.15) is 22.3 Å². The first kappa shape index (κ1) is 39.9. The summed E-state index contributed by atoms with van der Waals surface area (Å²) in [7, 11) is 0. The highest BCUT2D eigenvalue weighted by Gasteiger charge is 2.53. The van der Waals surface area contributed by atoms with E-state index < -0.39 is 5.41 Å². The van der Waals surface area contributed by atoms with Gasteiger partial charge >= 0.3 is 0 Å². The van der Waals surface area contributed by atoms with Crippen LogP contribution in [-0.2, 0) is 5.41 Å². The fourth-order valence-corrected chi connectivity index (χ4v) is 11.7. The molecule has 2 aliphatic rings. The lowest BCUT2D eigenvalue weighted by Crippen LogP contribution is -2.36. The standard InChI is InChI=1S/C67H43N3/c1-4-20-44(21-5-1)60-43-61(69-66(68-60)45-22-6-2-7-23-45)50-27-19-26-48(41-50)46-24-18-25-47(40-46)49-38-39-56-59(42-49)67(65-55-33-13-11-31-53(55)52-30-10-12-32-54(52)64(56)65)57-34-14-16-36-62(57)70(51-28-8-3-9-29-51)63-37-17-15-35-58(63)67/h1-43H. The van der Waals surface area contributed by atoms with E-state index in [-0.39, 0.29) is 0 Å². The molecule has 14 rings (SSSR count). The summed E-state index contributed by atoms with van der Waals surface area (Å²) < 4.78 is 0. The number of hydrogen-bond acceptors (Lipinski definition) is 3. The van der Waals surface area contributed by atoms with Gasteiger partial charge in [0.1, 0.15) is 0 Å². The van der Waals surface area contributed by atoms with Crippen molar-refractivity contribution in [2.75, 3.05) is 4.90 Å². The van der Waals surface area contributed by atoms with E-state index >= 15 is 0 Å². The zero-order valence-electron chi connectivity index (χ0n) is 38.2. The Balaban J connectivity index is 0.966. The maximum Gasteiger partial charge on any atom is 0.160 e. The molecular weight excluding hydrogens is 847 g/mol. The Kier molecular flexibility index (Phi) is 9.11. The van der Waals surface area contributed by atoms with E-state index in [9.17, 15) is 0 Å². The van der Waals surface area contributed by atoms with Crippen LogP contribution in [0.5, 0.6) is 0 Å². The van der Waals surface area contributed by atoms with Crippen LogP contribution in [-0.4, -0.2) is 9.97 Å². The Morgan fingerprint density at radius 3 is 1.40 bits per heavy atom. The van der Waals surface area contributed by atoms with Crippen LogP contribution in [0.3, 0.4) is 0 Å². The molecule has 70 heavy (non-hydrogen) atoms. The lowest BCUT2D eigenvalue weighted by atomic mass is 9.63. The molecule has 0 saturated heterocycles. The van der Waals surface area contributed by atoms with E-state index in [0.717, 1.165) is 50.5 Å². The second-order valence-corrected chi connectivity index (χ2v) is 18.4. The number of anilines is 3. The van der Waals surface area contributed by atoms with Crippen LogP contribution < -0.4 is 4.90 Å². The molecule has 0 atom stereocenters. The fraction of sp³-hybridized carbons (Fsp3) is 0.0149. The molecule has 0 bridgehead atoms. The van der Waals surface area contributed by atoms with Crippen molar-refractivity contribution >= 4 is 38.6 Å². The summed E-state index contributed by atoms with van der Waals surface area (Å²) in [6, 6.07) is 95.0. The summed E-state index contributed by atoms with van der Waals surface area (Å²) in [6.45, 7) is 0. The quantitative estimate of drug-likeness (QED) is 0.156. The van der Waals surface area contributed by atoms with Crippen LogP contribution in [0, 0.1) is 0 Å². The molecule has 0 N–H and O–H groups in total. The molecule has 12 aromatic rings. The van der Waals surface area contributed by atoms with Gasteiger partial charge in [-0.3, -0.25) is 0 Å². The van der Waals surface area contributed by atoms with Gasteiger partial charge < -0.3 is 4.90 Å². The Bertz CT molecular complexity index is 3900. The minimum absolute atomic E-state index is 0.635. The van der Waals surface area contributed by atoms with Gasteiger partial charge in [-0.15, -0.1) is 0 Å². The Morgan fingerprint density at radius 2 is 0.757 bits per heavy atom. The normalized spacial score (nSPS) is 12.9. The monoisotopic (exact) mass is 889 g/mol. The molecule has 3 heteroatoms. The predicted molar refractivity (Wildman–Crippen MR) is 290 cm³/mol. The average molecular weight is 890 g/mol. The van der Waals surface area contributed by atoms with E-state index in [1.807, 2.05) is 24.3 Å². The van der Waals surface area contributed by atoms with Gasteiger partial charge in [-0.05, 0) is 126 Å². The summed E-state index contributed by atoms with van der Waals surface area (Å²) in [5.74, 6) is 0.706. The highest BCUT2D eigenvalue weighted by molar-refractivity contribution is 6.20. The zero-order valence-corrected chi connectivity index (χ0v) is 38.2. The first-order chi connectivity index (χ1) is 34.7. The van der Waals surface area contributed by atoms with E-state index in [2.05, 4.69) is 241 Å². The van der Waals surface area contributed by atoms with Crippen LogP contribution in [0.25, 0.3) is 88.8 Å². The third kappa shape index (κ3) is 6.08. The van der Waals surface area contributed by atoms with Crippen molar-refractivity contribution in [1.29, 1.82) is 0 Å². The molecule has 2 heterocycles. The Labute approximate surface area is 407 Å². The topological polar surface area (TPSA) is 29.0 Å². The molecule has 0 radical (unpaired) electrons. The predicted octanol–water partition coefficient (Wildman–Crippen LogP) is 17.3. The molecule has 3 nitrogen and oxygen atoms in total. The number of hydrogen-bond donors (Lipinski definition) is 0. The Morgan fingerprint density at radius 1 is 0.300 bits per heavy atom. The number of aromatic nitrogens is 2. The van der Waals surface area contributed by atoms with Crippen molar-refractivity contribution in [3.05, 3.63) is 283 Å². The number of rotatable bonds is 6. The summed E-state index contributed by atoms with van der Waals surface area (Å²) in [4.78, 5) is 12.7. The maximum atomic E-state index is 5.17. The van der Waals surface area contributed by atoms with E-state index in [4.69, 9.17) is 9.97 Å². The molecule has 1 spiro atoms. The van der Waals surface area contributed by atoms with Gasteiger partial charge in [-0.2, -0.15) is 0 Å². The smallest absolute Gasteiger partial charge is 0.160 e. The first-order valence-corrected chi connectivity index (χ1v) is 24.1. The molecule has 0 amide bonds. The lowest BCUT2D eigenvalue weighted by Gasteiger charge is -2.45. The van der Waals surface area contributed by atoms with Crippen molar-refractivity contribution in [3.63, 3.8) is 0 Å². The minimum atomic E-state index is -0.635. The summed E-state index contributed by atoms with van der Waals surface area (Å²) >= 11 is 0. The largest absolute Gasteiger partial charge is 0.310 e. The second kappa shape index (κ2) is 16.0. The van der Waals surface area contributed by atoms with Gasteiger partial charge in [0.05, 0.1) is 28.2 Å².